The van der Waals surface area contributed by atoms with E-state index >= 15 is 0 Å². The summed E-state index contributed by atoms with van der Waals surface area (Å²) in [6.07, 6.45) is -0.348. The number of anilines is 1. The first-order valence-electron chi connectivity index (χ1n) is 9.64. The lowest BCUT2D eigenvalue weighted by molar-refractivity contribution is -0.129. The van der Waals surface area contributed by atoms with Crippen LogP contribution in [0, 0.1) is 6.92 Å². The molecule has 0 N–H and O–H groups in total. The fourth-order valence-corrected chi connectivity index (χ4v) is 3.25. The van der Waals surface area contributed by atoms with Crippen molar-refractivity contribution in [1.29, 1.82) is 0 Å². The number of aromatic nitrogens is 2. The zero-order valence-corrected chi connectivity index (χ0v) is 16.7. The second-order valence-corrected chi connectivity index (χ2v) is 6.50. The third kappa shape index (κ3) is 4.77. The molecule has 0 aliphatic carbocycles. The summed E-state index contributed by atoms with van der Waals surface area (Å²) in [6, 6.07) is 17.3. The number of ether oxygens (including phenoxy) is 2. The van der Waals surface area contributed by atoms with Gasteiger partial charge in [-0.2, -0.15) is 0 Å². The largest absolute Gasteiger partial charge is 0.361 e. The van der Waals surface area contributed by atoms with Gasteiger partial charge in [0, 0.05) is 30.7 Å². The normalized spacial score (nSPS) is 11.3. The molecule has 6 heteroatoms. The highest BCUT2D eigenvalue weighted by Crippen LogP contribution is 2.18. The van der Waals surface area contributed by atoms with Crippen LogP contribution in [0.2, 0.25) is 0 Å². The lowest BCUT2D eigenvalue weighted by atomic mass is 10.2. The van der Waals surface area contributed by atoms with E-state index in [2.05, 4.69) is 4.90 Å². The first kappa shape index (κ1) is 20.0. The number of rotatable bonds is 9. The SMILES string of the molecule is CCOC(CN(Cc1cc(=O)n2c(C)cccc2n1)c1ccccc1)OCC. The van der Waals surface area contributed by atoms with Gasteiger partial charge in [0.25, 0.3) is 5.56 Å². The second-order valence-electron chi connectivity index (χ2n) is 6.50. The highest BCUT2D eigenvalue weighted by Gasteiger charge is 2.17. The Balaban J connectivity index is 1.93. The van der Waals surface area contributed by atoms with Crippen LogP contribution in [0.25, 0.3) is 5.65 Å². The van der Waals surface area contributed by atoms with Gasteiger partial charge in [-0.3, -0.25) is 9.20 Å². The molecule has 2 aromatic heterocycles. The minimum atomic E-state index is -0.348. The van der Waals surface area contributed by atoms with Crippen LogP contribution in [-0.4, -0.2) is 35.4 Å². The molecule has 0 bridgehead atoms. The van der Waals surface area contributed by atoms with Gasteiger partial charge >= 0.3 is 0 Å². The van der Waals surface area contributed by atoms with Gasteiger partial charge in [0.2, 0.25) is 0 Å². The van der Waals surface area contributed by atoms with Crippen LogP contribution < -0.4 is 10.5 Å². The van der Waals surface area contributed by atoms with E-state index in [0.717, 1.165) is 11.4 Å². The first-order valence-corrected chi connectivity index (χ1v) is 9.64. The monoisotopic (exact) mass is 381 g/mol. The molecule has 0 saturated carbocycles. The summed E-state index contributed by atoms with van der Waals surface area (Å²) < 4.78 is 13.1. The molecule has 0 amide bonds. The van der Waals surface area contributed by atoms with E-state index in [9.17, 15) is 4.79 Å². The van der Waals surface area contributed by atoms with Crippen molar-refractivity contribution in [3.05, 3.63) is 76.3 Å². The summed E-state index contributed by atoms with van der Waals surface area (Å²) in [4.78, 5) is 19.5. The molecule has 6 nitrogen and oxygen atoms in total. The minimum absolute atomic E-state index is 0.0720. The average Bonchev–Trinajstić information content (AvgIpc) is 2.68. The number of pyridine rings is 1. The molecule has 0 unspecified atom stereocenters. The summed E-state index contributed by atoms with van der Waals surface area (Å²) in [5.41, 5.74) is 3.19. The van der Waals surface area contributed by atoms with Crippen molar-refractivity contribution in [1.82, 2.24) is 9.38 Å². The summed E-state index contributed by atoms with van der Waals surface area (Å²) >= 11 is 0. The van der Waals surface area contributed by atoms with Gasteiger partial charge in [0.05, 0.1) is 18.8 Å². The molecule has 0 saturated heterocycles. The molecule has 148 valence electrons. The van der Waals surface area contributed by atoms with Crippen molar-refractivity contribution in [2.75, 3.05) is 24.7 Å². The van der Waals surface area contributed by atoms with Crippen molar-refractivity contribution in [2.24, 2.45) is 0 Å². The summed E-state index contributed by atoms with van der Waals surface area (Å²) in [7, 11) is 0. The van der Waals surface area contributed by atoms with Crippen molar-refractivity contribution >= 4 is 11.3 Å². The Labute approximate surface area is 165 Å². The third-order valence-corrected chi connectivity index (χ3v) is 4.48. The Kier molecular flexibility index (Phi) is 6.79. The van der Waals surface area contributed by atoms with Crippen LogP contribution in [0.5, 0.6) is 0 Å². The fourth-order valence-electron chi connectivity index (χ4n) is 3.25. The van der Waals surface area contributed by atoms with Gasteiger partial charge in [-0.05, 0) is 45.0 Å². The highest BCUT2D eigenvalue weighted by atomic mass is 16.7. The van der Waals surface area contributed by atoms with E-state index in [1.54, 1.807) is 10.5 Å². The maximum atomic E-state index is 12.6. The second kappa shape index (κ2) is 9.48. The van der Waals surface area contributed by atoms with Crippen molar-refractivity contribution < 1.29 is 9.47 Å². The lowest BCUT2D eigenvalue weighted by Crippen LogP contribution is -2.36. The zero-order valence-electron chi connectivity index (χ0n) is 16.7. The number of hydrogen-bond donors (Lipinski definition) is 0. The molecule has 0 fully saturated rings. The third-order valence-electron chi connectivity index (χ3n) is 4.48. The maximum Gasteiger partial charge on any atom is 0.258 e. The number of benzene rings is 1. The Bertz CT molecular complexity index is 950. The molecular formula is C22H27N3O3. The van der Waals surface area contributed by atoms with Crippen LogP contribution >= 0.6 is 0 Å². The van der Waals surface area contributed by atoms with Crippen LogP contribution in [0.15, 0.2) is 59.4 Å². The molecule has 0 spiro atoms. The molecule has 1 aromatic carbocycles. The van der Waals surface area contributed by atoms with Gasteiger partial charge in [-0.15, -0.1) is 0 Å². The number of hydrogen-bond acceptors (Lipinski definition) is 5. The molecule has 3 rings (SSSR count). The lowest BCUT2D eigenvalue weighted by Gasteiger charge is -2.29. The molecule has 28 heavy (non-hydrogen) atoms. The number of nitrogens with zero attached hydrogens (tertiary/aromatic N) is 3. The Hall–Kier alpha value is -2.70. The predicted molar refractivity (Wildman–Crippen MR) is 111 cm³/mol. The van der Waals surface area contributed by atoms with E-state index in [0.29, 0.717) is 37.6 Å². The Morgan fingerprint density at radius 2 is 1.75 bits per heavy atom. The van der Waals surface area contributed by atoms with Crippen LogP contribution in [0.3, 0.4) is 0 Å². The van der Waals surface area contributed by atoms with Crippen LogP contribution in [-0.2, 0) is 16.0 Å². The van der Waals surface area contributed by atoms with Gasteiger partial charge in [-0.25, -0.2) is 4.98 Å². The van der Waals surface area contributed by atoms with E-state index in [1.807, 2.05) is 69.3 Å². The quantitative estimate of drug-likeness (QED) is 0.532. The van der Waals surface area contributed by atoms with Crippen molar-refractivity contribution in [2.45, 2.75) is 33.6 Å². The van der Waals surface area contributed by atoms with Crippen molar-refractivity contribution in [3.63, 3.8) is 0 Å². The number of para-hydroxylation sites is 1. The van der Waals surface area contributed by atoms with Gasteiger partial charge in [0.15, 0.2) is 6.29 Å². The van der Waals surface area contributed by atoms with E-state index in [4.69, 9.17) is 14.5 Å². The summed E-state index contributed by atoms with van der Waals surface area (Å²) in [5, 5.41) is 0. The highest BCUT2D eigenvalue weighted by molar-refractivity contribution is 5.47. The molecular weight excluding hydrogens is 354 g/mol. The van der Waals surface area contributed by atoms with Crippen LogP contribution in [0.1, 0.15) is 25.2 Å². The number of aryl methyl sites for hydroxylation is 1. The predicted octanol–water partition coefficient (Wildman–Crippen LogP) is 3.41. The van der Waals surface area contributed by atoms with Gasteiger partial charge in [0.1, 0.15) is 5.65 Å². The smallest absolute Gasteiger partial charge is 0.258 e. The zero-order chi connectivity index (χ0) is 19.9. The van der Waals surface area contributed by atoms with Gasteiger partial charge < -0.3 is 14.4 Å². The maximum absolute atomic E-state index is 12.6. The van der Waals surface area contributed by atoms with Crippen LogP contribution in [0.4, 0.5) is 5.69 Å². The molecule has 0 radical (unpaired) electrons. The van der Waals surface area contributed by atoms with Crippen molar-refractivity contribution in [3.8, 4) is 0 Å². The standard InChI is InChI=1S/C22H27N3O3/c1-4-27-22(28-5-2)16-24(19-11-7-6-8-12-19)15-18-14-21(26)25-17(3)10-9-13-20(25)23-18/h6-14,22H,4-5,15-16H2,1-3H3. The molecule has 0 aliphatic rings. The molecule has 2 heterocycles. The first-order chi connectivity index (χ1) is 13.6. The van der Waals surface area contributed by atoms with Gasteiger partial charge in [-0.1, -0.05) is 24.3 Å². The minimum Gasteiger partial charge on any atom is -0.361 e. The summed E-state index contributed by atoms with van der Waals surface area (Å²) in [6.45, 7) is 7.98. The van der Waals surface area contributed by atoms with E-state index in [1.165, 1.54) is 0 Å². The Morgan fingerprint density at radius 1 is 1.04 bits per heavy atom. The van der Waals surface area contributed by atoms with E-state index in [-0.39, 0.29) is 11.8 Å². The number of fused-ring (bicyclic) bond motifs is 1. The van der Waals surface area contributed by atoms with E-state index < -0.39 is 0 Å². The molecule has 0 aliphatic heterocycles. The molecule has 3 aromatic rings. The topological polar surface area (TPSA) is 56.1 Å². The Morgan fingerprint density at radius 3 is 2.43 bits per heavy atom. The summed E-state index contributed by atoms with van der Waals surface area (Å²) in [5.74, 6) is 0. The molecule has 0 atom stereocenters. The fraction of sp³-hybridized carbons (Fsp3) is 0.364. The average molecular weight is 381 g/mol.